The van der Waals surface area contributed by atoms with Gasteiger partial charge in [-0.1, -0.05) is 23.4 Å². The highest BCUT2D eigenvalue weighted by Crippen LogP contribution is 2.26. The molecule has 108 valence electrons. The summed E-state index contributed by atoms with van der Waals surface area (Å²) in [6.07, 6.45) is 1.65. The number of benzene rings is 1. The highest BCUT2D eigenvalue weighted by atomic mass is 19.3. The molecular weight excluding hydrogens is 266 g/mol. The van der Waals surface area contributed by atoms with E-state index in [0.717, 1.165) is 5.69 Å². The van der Waals surface area contributed by atoms with Gasteiger partial charge in [-0.3, -0.25) is 4.68 Å². The third-order valence-electron chi connectivity index (χ3n) is 3.00. The van der Waals surface area contributed by atoms with Crippen LogP contribution in [0.15, 0.2) is 30.5 Å². The van der Waals surface area contributed by atoms with Gasteiger partial charge in [0.2, 0.25) is 0 Å². The van der Waals surface area contributed by atoms with Gasteiger partial charge in [0.05, 0.1) is 11.9 Å². The summed E-state index contributed by atoms with van der Waals surface area (Å²) in [7, 11) is 1.79. The summed E-state index contributed by atoms with van der Waals surface area (Å²) in [5.41, 5.74) is 1.59. The number of hydrogen-bond acceptors (Lipinski definition) is 4. The molecule has 0 aliphatic rings. The lowest BCUT2D eigenvalue weighted by molar-refractivity contribution is -0.0506. The molecule has 0 amide bonds. The maximum absolute atomic E-state index is 12.4. The first-order chi connectivity index (χ1) is 9.58. The van der Waals surface area contributed by atoms with Crippen LogP contribution in [0.4, 0.5) is 8.78 Å². The summed E-state index contributed by atoms with van der Waals surface area (Å²) in [6.45, 7) is -0.407. The summed E-state index contributed by atoms with van der Waals surface area (Å²) < 4.78 is 30.9. The van der Waals surface area contributed by atoms with E-state index in [1.165, 1.54) is 6.07 Å². The zero-order valence-corrected chi connectivity index (χ0v) is 11.3. The highest BCUT2D eigenvalue weighted by molar-refractivity contribution is 5.35. The van der Waals surface area contributed by atoms with Crippen molar-refractivity contribution in [3.05, 3.63) is 41.7 Å². The van der Waals surface area contributed by atoms with Crippen LogP contribution in [-0.2, 0) is 13.6 Å². The Balaban J connectivity index is 2.05. The van der Waals surface area contributed by atoms with Gasteiger partial charge in [-0.25, -0.2) is 0 Å². The number of para-hydroxylation sites is 1. The minimum atomic E-state index is -2.83. The van der Waals surface area contributed by atoms with E-state index in [2.05, 4.69) is 20.4 Å². The van der Waals surface area contributed by atoms with Crippen molar-refractivity contribution in [3.8, 4) is 5.75 Å². The standard InChI is InChI=1S/C13H16F2N4O/c1-9(16-7-10-8-17-18-19(10)2)11-5-3-4-6-12(11)20-13(14)15/h3-6,8-9,13,16H,7H2,1-2H3. The van der Waals surface area contributed by atoms with E-state index in [4.69, 9.17) is 0 Å². The number of alkyl halides is 2. The lowest BCUT2D eigenvalue weighted by atomic mass is 10.1. The number of ether oxygens (including phenoxy) is 1. The Morgan fingerprint density at radius 1 is 1.35 bits per heavy atom. The van der Waals surface area contributed by atoms with Crippen LogP contribution in [-0.4, -0.2) is 21.6 Å². The molecule has 20 heavy (non-hydrogen) atoms. The lowest BCUT2D eigenvalue weighted by Gasteiger charge is -2.17. The SMILES string of the molecule is CC(NCc1cnnn1C)c1ccccc1OC(F)F. The van der Waals surface area contributed by atoms with Gasteiger partial charge in [-0.05, 0) is 13.0 Å². The molecule has 0 saturated heterocycles. The van der Waals surface area contributed by atoms with Crippen molar-refractivity contribution in [2.24, 2.45) is 7.05 Å². The largest absolute Gasteiger partial charge is 0.434 e. The zero-order chi connectivity index (χ0) is 14.5. The van der Waals surface area contributed by atoms with Crippen molar-refractivity contribution in [2.45, 2.75) is 26.1 Å². The molecule has 2 aromatic rings. The van der Waals surface area contributed by atoms with E-state index in [1.807, 2.05) is 6.92 Å². The average Bonchev–Trinajstić information content (AvgIpc) is 2.81. The van der Waals surface area contributed by atoms with Crippen LogP contribution >= 0.6 is 0 Å². The van der Waals surface area contributed by atoms with Gasteiger partial charge in [0.15, 0.2) is 0 Å². The minimum absolute atomic E-state index is 0.139. The number of halogens is 2. The maximum atomic E-state index is 12.4. The summed E-state index contributed by atoms with van der Waals surface area (Å²) in [6, 6.07) is 6.61. The topological polar surface area (TPSA) is 52.0 Å². The molecule has 7 heteroatoms. The molecule has 0 saturated carbocycles. The number of nitrogens with zero attached hydrogens (tertiary/aromatic N) is 3. The Morgan fingerprint density at radius 2 is 2.10 bits per heavy atom. The second-order valence-electron chi connectivity index (χ2n) is 4.37. The zero-order valence-electron chi connectivity index (χ0n) is 11.3. The van der Waals surface area contributed by atoms with Crippen LogP contribution in [0.3, 0.4) is 0 Å². The van der Waals surface area contributed by atoms with E-state index < -0.39 is 6.61 Å². The van der Waals surface area contributed by atoms with Gasteiger partial charge in [0, 0.05) is 25.2 Å². The fraction of sp³-hybridized carbons (Fsp3) is 0.385. The van der Waals surface area contributed by atoms with E-state index in [9.17, 15) is 8.78 Å². The fourth-order valence-electron chi connectivity index (χ4n) is 1.88. The van der Waals surface area contributed by atoms with Crippen molar-refractivity contribution in [1.29, 1.82) is 0 Å². The first kappa shape index (κ1) is 14.4. The molecule has 1 heterocycles. The van der Waals surface area contributed by atoms with Gasteiger partial charge in [0.25, 0.3) is 0 Å². The molecule has 0 fully saturated rings. The van der Waals surface area contributed by atoms with Crippen molar-refractivity contribution in [1.82, 2.24) is 20.3 Å². The Morgan fingerprint density at radius 3 is 2.75 bits per heavy atom. The van der Waals surface area contributed by atoms with Gasteiger partial charge in [-0.2, -0.15) is 8.78 Å². The maximum Gasteiger partial charge on any atom is 0.387 e. The first-order valence-corrected chi connectivity index (χ1v) is 6.18. The second kappa shape index (κ2) is 6.42. The van der Waals surface area contributed by atoms with Gasteiger partial charge in [0.1, 0.15) is 5.75 Å². The molecule has 1 unspecified atom stereocenters. The van der Waals surface area contributed by atoms with Crippen molar-refractivity contribution >= 4 is 0 Å². The molecule has 0 spiro atoms. The summed E-state index contributed by atoms with van der Waals surface area (Å²) in [5, 5.41) is 10.8. The predicted octanol–water partition coefficient (Wildman–Crippen LogP) is 2.27. The van der Waals surface area contributed by atoms with Crippen LogP contribution in [0.25, 0.3) is 0 Å². The van der Waals surface area contributed by atoms with Gasteiger partial charge < -0.3 is 10.1 Å². The minimum Gasteiger partial charge on any atom is -0.434 e. The molecule has 0 bridgehead atoms. The molecule has 0 radical (unpaired) electrons. The van der Waals surface area contributed by atoms with Crippen molar-refractivity contribution in [2.75, 3.05) is 0 Å². The van der Waals surface area contributed by atoms with E-state index in [1.54, 1.807) is 36.1 Å². The Labute approximate surface area is 115 Å². The molecule has 1 N–H and O–H groups in total. The lowest BCUT2D eigenvalue weighted by Crippen LogP contribution is -2.20. The van der Waals surface area contributed by atoms with Crippen molar-refractivity contribution in [3.63, 3.8) is 0 Å². The second-order valence-corrected chi connectivity index (χ2v) is 4.37. The molecule has 0 aliphatic heterocycles. The van der Waals surface area contributed by atoms with Crippen molar-refractivity contribution < 1.29 is 13.5 Å². The van der Waals surface area contributed by atoms with Crippen LogP contribution in [0.1, 0.15) is 24.2 Å². The normalized spacial score (nSPS) is 12.7. The number of nitrogens with one attached hydrogen (secondary N) is 1. The first-order valence-electron chi connectivity index (χ1n) is 6.18. The predicted molar refractivity (Wildman–Crippen MR) is 69.3 cm³/mol. The fourth-order valence-corrected chi connectivity index (χ4v) is 1.88. The molecule has 2 rings (SSSR count). The molecule has 0 aliphatic carbocycles. The van der Waals surface area contributed by atoms with E-state index in [-0.39, 0.29) is 11.8 Å². The smallest absolute Gasteiger partial charge is 0.387 e. The summed E-state index contributed by atoms with van der Waals surface area (Å²) in [4.78, 5) is 0. The summed E-state index contributed by atoms with van der Waals surface area (Å²) in [5.74, 6) is 0.186. The van der Waals surface area contributed by atoms with Crippen LogP contribution in [0, 0.1) is 0 Å². The third-order valence-corrected chi connectivity index (χ3v) is 3.00. The molecular formula is C13H16F2N4O. The Bertz CT molecular complexity index is 559. The Hall–Kier alpha value is -2.02. The van der Waals surface area contributed by atoms with Crippen LogP contribution in [0.5, 0.6) is 5.75 Å². The molecule has 1 aromatic carbocycles. The van der Waals surface area contributed by atoms with Gasteiger partial charge in [-0.15, -0.1) is 5.10 Å². The third kappa shape index (κ3) is 3.51. The van der Waals surface area contributed by atoms with E-state index >= 15 is 0 Å². The van der Waals surface area contributed by atoms with E-state index in [0.29, 0.717) is 12.1 Å². The quantitative estimate of drug-likeness (QED) is 0.883. The number of rotatable bonds is 6. The Kier molecular flexibility index (Phi) is 4.62. The number of aromatic nitrogens is 3. The number of hydrogen-bond donors (Lipinski definition) is 1. The molecule has 5 nitrogen and oxygen atoms in total. The van der Waals surface area contributed by atoms with Crippen LogP contribution < -0.4 is 10.1 Å². The molecule has 1 aromatic heterocycles. The average molecular weight is 282 g/mol. The molecule has 1 atom stereocenters. The monoisotopic (exact) mass is 282 g/mol. The highest BCUT2D eigenvalue weighted by Gasteiger charge is 2.14. The van der Waals surface area contributed by atoms with Gasteiger partial charge >= 0.3 is 6.61 Å². The summed E-state index contributed by atoms with van der Waals surface area (Å²) >= 11 is 0. The number of aryl methyl sites for hydroxylation is 1. The van der Waals surface area contributed by atoms with Crippen LogP contribution in [0.2, 0.25) is 0 Å².